The molecule has 0 amide bonds. The molecule has 0 saturated carbocycles. The van der Waals surface area contributed by atoms with Gasteiger partial charge in [0.1, 0.15) is 4.99 Å². The molecule has 0 aromatic heterocycles. The quantitative estimate of drug-likeness (QED) is 0.536. The maximum absolute atomic E-state index is 5.67. The lowest BCUT2D eigenvalue weighted by molar-refractivity contribution is 0.271. The van der Waals surface area contributed by atoms with E-state index in [0.29, 0.717) is 6.04 Å². The van der Waals surface area contributed by atoms with E-state index in [2.05, 4.69) is 71.4 Å². The molecule has 2 heterocycles. The number of likely N-dealkylation sites (tertiary alicyclic amines) is 1. The molecule has 2 aromatic carbocycles. The number of nitrogens with zero attached hydrogens (tertiary/aromatic N) is 2. The molecule has 0 aliphatic carbocycles. The lowest BCUT2D eigenvalue weighted by Crippen LogP contribution is -2.41. The zero-order valence-electron chi connectivity index (χ0n) is 18.2. The van der Waals surface area contributed by atoms with E-state index in [1.807, 2.05) is 11.8 Å². The Bertz CT molecular complexity index is 874. The first kappa shape index (κ1) is 21.7. The van der Waals surface area contributed by atoms with Crippen molar-refractivity contribution < 1.29 is 0 Å². The van der Waals surface area contributed by atoms with Crippen molar-refractivity contribution in [1.29, 1.82) is 0 Å². The molecule has 3 nitrogen and oxygen atoms in total. The molecule has 1 fully saturated rings. The zero-order valence-corrected chi connectivity index (χ0v) is 19.8. The van der Waals surface area contributed by atoms with Crippen molar-refractivity contribution in [2.24, 2.45) is 0 Å². The fraction of sp³-hybridized carbons (Fsp3) is 0.480. The molecule has 30 heavy (non-hydrogen) atoms. The molecule has 5 heteroatoms. The van der Waals surface area contributed by atoms with Crippen LogP contribution in [0.3, 0.4) is 0 Å². The highest BCUT2D eigenvalue weighted by atomic mass is 32.2. The molecule has 2 aliphatic rings. The molecule has 0 radical (unpaired) electrons. The largest absolute Gasteiger partial charge is 0.376 e. The van der Waals surface area contributed by atoms with Crippen molar-refractivity contribution in [3.05, 3.63) is 48.0 Å². The number of nitrogens with one attached hydrogen (secondary N) is 1. The van der Waals surface area contributed by atoms with Crippen molar-refractivity contribution in [1.82, 2.24) is 10.2 Å². The number of benzene rings is 2. The summed E-state index contributed by atoms with van der Waals surface area (Å²) in [6, 6.07) is 15.9. The van der Waals surface area contributed by atoms with Crippen LogP contribution in [-0.2, 0) is 0 Å². The Morgan fingerprint density at radius 1 is 1.03 bits per heavy atom. The summed E-state index contributed by atoms with van der Waals surface area (Å²) in [5.41, 5.74) is 3.73. The molecule has 160 valence electrons. The summed E-state index contributed by atoms with van der Waals surface area (Å²) in [4.78, 5) is 8.73. The van der Waals surface area contributed by atoms with Gasteiger partial charge in [0, 0.05) is 34.5 Å². The van der Waals surface area contributed by atoms with Gasteiger partial charge in [0.25, 0.3) is 0 Å². The van der Waals surface area contributed by atoms with E-state index in [0.717, 1.165) is 30.1 Å². The second-order valence-corrected chi connectivity index (χ2v) is 9.93. The number of rotatable bonds is 6. The van der Waals surface area contributed by atoms with E-state index < -0.39 is 0 Å². The smallest absolute Gasteiger partial charge is 0.106 e. The summed E-state index contributed by atoms with van der Waals surface area (Å²) in [6.07, 6.45) is 6.49. The third-order valence-electron chi connectivity index (χ3n) is 6.02. The Hall–Kier alpha value is -1.56. The lowest BCUT2D eigenvalue weighted by Gasteiger charge is -2.39. The van der Waals surface area contributed by atoms with Crippen LogP contribution in [-0.4, -0.2) is 42.1 Å². The molecular formula is C25H33N3S2. The van der Waals surface area contributed by atoms with Crippen LogP contribution in [0.4, 0.5) is 11.4 Å². The minimum Gasteiger partial charge on any atom is -0.376 e. The Morgan fingerprint density at radius 2 is 1.77 bits per heavy atom. The molecule has 1 atom stereocenters. The van der Waals surface area contributed by atoms with Gasteiger partial charge in [-0.2, -0.15) is 0 Å². The summed E-state index contributed by atoms with van der Waals surface area (Å²) in [7, 11) is 0. The number of hydrogen-bond donors (Lipinski definition) is 1. The van der Waals surface area contributed by atoms with E-state index >= 15 is 0 Å². The van der Waals surface area contributed by atoms with Gasteiger partial charge in [-0.1, -0.05) is 61.9 Å². The van der Waals surface area contributed by atoms with Crippen LogP contribution >= 0.6 is 24.0 Å². The summed E-state index contributed by atoms with van der Waals surface area (Å²) in [5, 5.41) is 3.39. The number of thiocarbonyl (C=S) groups is 1. The van der Waals surface area contributed by atoms with Crippen molar-refractivity contribution in [2.45, 2.75) is 61.8 Å². The van der Waals surface area contributed by atoms with Crippen molar-refractivity contribution in [2.75, 3.05) is 31.1 Å². The van der Waals surface area contributed by atoms with E-state index in [-0.39, 0.29) is 0 Å². The van der Waals surface area contributed by atoms with Gasteiger partial charge in [-0.25, -0.2) is 0 Å². The predicted octanol–water partition coefficient (Wildman–Crippen LogP) is 6.23. The standard InChI is InChI=1S/C25H33N3S2/c1-3-14-26-25(29)20-12-13-24-22(17-20)28(21-10-6-7-11-23(21)30-24)19(2)18-27-15-8-4-5-9-16-27/h6-7,10-13,17,19H,3-5,8-9,14-16,18H2,1-2H3,(H,26,29). The highest BCUT2D eigenvalue weighted by Crippen LogP contribution is 2.49. The third-order valence-corrected chi connectivity index (χ3v) is 7.53. The van der Waals surface area contributed by atoms with Crippen molar-refractivity contribution >= 4 is 40.3 Å². The Morgan fingerprint density at radius 3 is 2.53 bits per heavy atom. The third kappa shape index (κ3) is 4.84. The van der Waals surface area contributed by atoms with Crippen LogP contribution in [0.25, 0.3) is 0 Å². The average molecular weight is 440 g/mol. The second-order valence-electron chi connectivity index (χ2n) is 8.44. The first-order chi connectivity index (χ1) is 14.7. The van der Waals surface area contributed by atoms with Crippen LogP contribution in [0.5, 0.6) is 0 Å². The van der Waals surface area contributed by atoms with Gasteiger partial charge in [0.05, 0.1) is 11.4 Å². The Labute approximate surface area is 191 Å². The molecule has 1 unspecified atom stereocenters. The van der Waals surface area contributed by atoms with Gasteiger partial charge in [0.15, 0.2) is 0 Å². The van der Waals surface area contributed by atoms with Gasteiger partial charge in [-0.05, 0) is 63.5 Å². The van der Waals surface area contributed by atoms with Crippen LogP contribution in [0.1, 0.15) is 51.5 Å². The van der Waals surface area contributed by atoms with Gasteiger partial charge in [0.2, 0.25) is 0 Å². The Kier molecular flexibility index (Phi) is 7.34. The highest BCUT2D eigenvalue weighted by molar-refractivity contribution is 7.99. The number of anilines is 2. The van der Waals surface area contributed by atoms with Gasteiger partial charge in [-0.15, -0.1) is 0 Å². The van der Waals surface area contributed by atoms with Gasteiger partial charge in [-0.3, -0.25) is 0 Å². The predicted molar refractivity (Wildman–Crippen MR) is 134 cm³/mol. The van der Waals surface area contributed by atoms with Crippen molar-refractivity contribution in [3.63, 3.8) is 0 Å². The number of fused-ring (bicyclic) bond motifs is 2. The molecule has 2 aliphatic heterocycles. The van der Waals surface area contributed by atoms with Crippen LogP contribution in [0.2, 0.25) is 0 Å². The Balaban J connectivity index is 1.65. The molecule has 1 saturated heterocycles. The first-order valence-electron chi connectivity index (χ1n) is 11.4. The van der Waals surface area contributed by atoms with Gasteiger partial charge < -0.3 is 15.1 Å². The first-order valence-corrected chi connectivity index (χ1v) is 12.6. The lowest BCUT2D eigenvalue weighted by atomic mass is 10.1. The number of para-hydroxylation sites is 1. The average Bonchev–Trinajstić information content (AvgIpc) is 3.03. The van der Waals surface area contributed by atoms with Gasteiger partial charge >= 0.3 is 0 Å². The summed E-state index contributed by atoms with van der Waals surface area (Å²) in [5.74, 6) is 0. The molecule has 0 spiro atoms. The summed E-state index contributed by atoms with van der Waals surface area (Å²) < 4.78 is 0. The summed E-state index contributed by atoms with van der Waals surface area (Å²) >= 11 is 7.55. The minimum atomic E-state index is 0.399. The minimum absolute atomic E-state index is 0.399. The van der Waals surface area contributed by atoms with E-state index in [1.54, 1.807) is 0 Å². The topological polar surface area (TPSA) is 18.5 Å². The van der Waals surface area contributed by atoms with E-state index in [4.69, 9.17) is 12.2 Å². The summed E-state index contributed by atoms with van der Waals surface area (Å²) in [6.45, 7) is 9.02. The fourth-order valence-electron chi connectivity index (χ4n) is 4.51. The number of hydrogen-bond acceptors (Lipinski definition) is 4. The monoisotopic (exact) mass is 439 g/mol. The molecule has 2 aromatic rings. The van der Waals surface area contributed by atoms with Crippen molar-refractivity contribution in [3.8, 4) is 0 Å². The maximum Gasteiger partial charge on any atom is 0.106 e. The molecular weight excluding hydrogens is 406 g/mol. The molecule has 0 bridgehead atoms. The molecule has 1 N–H and O–H groups in total. The zero-order chi connectivity index (χ0) is 20.9. The van der Waals surface area contributed by atoms with Crippen LogP contribution in [0.15, 0.2) is 52.3 Å². The van der Waals surface area contributed by atoms with E-state index in [1.165, 1.54) is 59.9 Å². The SMILES string of the molecule is CCCNC(=S)c1ccc2c(c1)N(C(C)CN1CCCCCC1)c1ccccc1S2. The fourth-order valence-corrected chi connectivity index (χ4v) is 5.79. The van der Waals surface area contributed by atoms with Crippen LogP contribution in [0, 0.1) is 0 Å². The van der Waals surface area contributed by atoms with Crippen LogP contribution < -0.4 is 10.2 Å². The maximum atomic E-state index is 5.67. The second kappa shape index (κ2) is 10.2. The van der Waals surface area contributed by atoms with E-state index in [9.17, 15) is 0 Å². The highest BCUT2D eigenvalue weighted by Gasteiger charge is 2.28. The molecule has 4 rings (SSSR count). The normalized spacial score (nSPS) is 17.6.